The van der Waals surface area contributed by atoms with Gasteiger partial charge in [-0.15, -0.1) is 0 Å². The molecule has 0 saturated carbocycles. The number of aryl methyl sites for hydroxylation is 3. The minimum absolute atomic E-state index is 0.131. The monoisotopic (exact) mass is 334 g/mol. The predicted octanol–water partition coefficient (Wildman–Crippen LogP) is 2.06. The van der Waals surface area contributed by atoms with E-state index in [4.69, 9.17) is 11.6 Å². The van der Waals surface area contributed by atoms with Crippen LogP contribution in [-0.4, -0.2) is 31.7 Å². The molecule has 3 heterocycles. The molecule has 6 nitrogen and oxygen atoms in total. The van der Waals surface area contributed by atoms with E-state index in [1.807, 2.05) is 6.92 Å². The summed E-state index contributed by atoms with van der Waals surface area (Å²) in [6, 6.07) is 3.16. The maximum atomic E-state index is 12.9. The normalized spacial score (nSPS) is 17.7. The maximum Gasteiger partial charge on any atom is 0.263 e. The molecule has 2 aromatic rings. The second-order valence-electron chi connectivity index (χ2n) is 5.91. The standard InChI is InChI=1S/C16H19ClN4O2/c1-10-13(14(17)20(3)18-10)12-7-5-9-21(12)16(23)11-6-4-8-19(2)15(11)22/h4,6,8,12H,5,7,9H2,1-3H3/t12-/m1/s1. The van der Waals surface area contributed by atoms with E-state index < -0.39 is 0 Å². The van der Waals surface area contributed by atoms with E-state index in [2.05, 4.69) is 5.10 Å². The van der Waals surface area contributed by atoms with Crippen molar-refractivity contribution in [1.29, 1.82) is 0 Å². The fourth-order valence-electron chi connectivity index (χ4n) is 3.25. The van der Waals surface area contributed by atoms with Crippen molar-refractivity contribution in [2.75, 3.05) is 6.54 Å². The molecule has 122 valence electrons. The van der Waals surface area contributed by atoms with E-state index in [1.165, 1.54) is 4.57 Å². The topological polar surface area (TPSA) is 60.1 Å². The molecule has 0 spiro atoms. The Bertz CT molecular complexity index is 824. The highest BCUT2D eigenvalue weighted by atomic mass is 35.5. The summed E-state index contributed by atoms with van der Waals surface area (Å²) in [5.41, 5.74) is 1.62. The van der Waals surface area contributed by atoms with Crippen molar-refractivity contribution in [2.24, 2.45) is 14.1 Å². The predicted molar refractivity (Wildman–Crippen MR) is 87.6 cm³/mol. The average molecular weight is 335 g/mol. The van der Waals surface area contributed by atoms with Gasteiger partial charge in [-0.1, -0.05) is 11.6 Å². The molecule has 1 saturated heterocycles. The number of hydrogen-bond donors (Lipinski definition) is 0. The molecule has 23 heavy (non-hydrogen) atoms. The highest BCUT2D eigenvalue weighted by Gasteiger charge is 2.35. The van der Waals surface area contributed by atoms with Crippen molar-refractivity contribution >= 4 is 17.5 Å². The van der Waals surface area contributed by atoms with Crippen LogP contribution in [0.3, 0.4) is 0 Å². The molecule has 1 aliphatic rings. The lowest BCUT2D eigenvalue weighted by Crippen LogP contribution is -2.36. The van der Waals surface area contributed by atoms with Gasteiger partial charge in [0.1, 0.15) is 10.7 Å². The molecule has 1 amide bonds. The average Bonchev–Trinajstić information content (AvgIpc) is 3.07. The van der Waals surface area contributed by atoms with E-state index in [-0.39, 0.29) is 23.1 Å². The van der Waals surface area contributed by atoms with Gasteiger partial charge in [-0.2, -0.15) is 5.10 Å². The Balaban J connectivity index is 2.00. The van der Waals surface area contributed by atoms with Crippen LogP contribution in [0.15, 0.2) is 23.1 Å². The molecule has 1 aliphatic heterocycles. The minimum Gasteiger partial charge on any atom is -0.331 e. The highest BCUT2D eigenvalue weighted by molar-refractivity contribution is 6.30. The number of carbonyl (C=O) groups is 1. The van der Waals surface area contributed by atoms with Gasteiger partial charge in [-0.25, -0.2) is 0 Å². The summed E-state index contributed by atoms with van der Waals surface area (Å²) >= 11 is 6.36. The van der Waals surface area contributed by atoms with Crippen LogP contribution in [0.5, 0.6) is 0 Å². The number of pyridine rings is 1. The van der Waals surface area contributed by atoms with E-state index in [9.17, 15) is 9.59 Å². The summed E-state index contributed by atoms with van der Waals surface area (Å²) in [6.07, 6.45) is 3.35. The van der Waals surface area contributed by atoms with Crippen LogP contribution in [0.4, 0.5) is 0 Å². The molecule has 7 heteroatoms. The summed E-state index contributed by atoms with van der Waals surface area (Å²) in [6.45, 7) is 2.51. The zero-order valence-corrected chi connectivity index (χ0v) is 14.2. The fraction of sp³-hybridized carbons (Fsp3) is 0.438. The second kappa shape index (κ2) is 5.85. The smallest absolute Gasteiger partial charge is 0.263 e. The third kappa shape index (κ3) is 2.57. The zero-order chi connectivity index (χ0) is 16.7. The molecule has 1 fully saturated rings. The Labute approximate surface area is 139 Å². The van der Waals surface area contributed by atoms with Crippen molar-refractivity contribution in [2.45, 2.75) is 25.8 Å². The van der Waals surface area contributed by atoms with Crippen LogP contribution >= 0.6 is 11.6 Å². The van der Waals surface area contributed by atoms with Gasteiger partial charge in [-0.05, 0) is 31.9 Å². The quantitative estimate of drug-likeness (QED) is 0.844. The Morgan fingerprint density at radius 3 is 2.78 bits per heavy atom. The van der Waals surface area contributed by atoms with E-state index in [0.29, 0.717) is 11.7 Å². The first-order chi connectivity index (χ1) is 10.9. The summed E-state index contributed by atoms with van der Waals surface area (Å²) in [4.78, 5) is 26.8. The van der Waals surface area contributed by atoms with E-state index in [1.54, 1.807) is 42.0 Å². The molecule has 0 aromatic carbocycles. The van der Waals surface area contributed by atoms with Crippen LogP contribution in [-0.2, 0) is 14.1 Å². The summed E-state index contributed by atoms with van der Waals surface area (Å²) in [7, 11) is 3.43. The number of likely N-dealkylation sites (tertiary alicyclic amines) is 1. The Morgan fingerprint density at radius 1 is 1.39 bits per heavy atom. The number of carbonyl (C=O) groups excluding carboxylic acids is 1. The molecule has 0 radical (unpaired) electrons. The SMILES string of the molecule is Cc1nn(C)c(Cl)c1[C@H]1CCCN1C(=O)c1cccn(C)c1=O. The third-order valence-corrected chi connectivity index (χ3v) is 4.84. The van der Waals surface area contributed by atoms with Crippen molar-refractivity contribution in [3.8, 4) is 0 Å². The summed E-state index contributed by atoms with van der Waals surface area (Å²) in [5, 5.41) is 4.88. The van der Waals surface area contributed by atoms with Gasteiger partial charge >= 0.3 is 0 Å². The number of rotatable bonds is 2. The van der Waals surface area contributed by atoms with E-state index in [0.717, 1.165) is 24.1 Å². The summed E-state index contributed by atoms with van der Waals surface area (Å²) in [5.74, 6) is -0.243. The lowest BCUT2D eigenvalue weighted by Gasteiger charge is -2.25. The van der Waals surface area contributed by atoms with Gasteiger partial charge in [0, 0.05) is 32.4 Å². The van der Waals surface area contributed by atoms with Crippen LogP contribution in [0.2, 0.25) is 5.15 Å². The number of aromatic nitrogens is 3. The molecular formula is C16H19ClN4O2. The molecule has 0 bridgehead atoms. The Hall–Kier alpha value is -2.08. The number of amides is 1. The molecule has 1 atom stereocenters. The molecule has 0 unspecified atom stereocenters. The highest BCUT2D eigenvalue weighted by Crippen LogP contribution is 2.38. The largest absolute Gasteiger partial charge is 0.331 e. The van der Waals surface area contributed by atoms with Gasteiger partial charge in [0.25, 0.3) is 11.5 Å². The van der Waals surface area contributed by atoms with Crippen molar-refractivity contribution in [3.63, 3.8) is 0 Å². The minimum atomic E-state index is -0.280. The molecule has 2 aromatic heterocycles. The van der Waals surface area contributed by atoms with Crippen LogP contribution < -0.4 is 5.56 Å². The van der Waals surface area contributed by atoms with Crippen LogP contribution in [0.1, 0.15) is 40.5 Å². The van der Waals surface area contributed by atoms with E-state index >= 15 is 0 Å². The first-order valence-electron chi connectivity index (χ1n) is 7.57. The van der Waals surface area contributed by atoms with Gasteiger partial charge in [0.15, 0.2) is 0 Å². The maximum absolute atomic E-state index is 12.9. The third-order valence-electron chi connectivity index (χ3n) is 4.40. The molecule has 3 rings (SSSR count). The molecular weight excluding hydrogens is 316 g/mol. The van der Waals surface area contributed by atoms with Crippen molar-refractivity contribution in [1.82, 2.24) is 19.2 Å². The zero-order valence-electron chi connectivity index (χ0n) is 13.4. The number of hydrogen-bond acceptors (Lipinski definition) is 3. The second-order valence-corrected chi connectivity index (χ2v) is 6.27. The fourth-order valence-corrected chi connectivity index (χ4v) is 3.55. The Kier molecular flexibility index (Phi) is 4.02. The number of nitrogens with zero attached hydrogens (tertiary/aromatic N) is 4. The van der Waals surface area contributed by atoms with Crippen LogP contribution in [0.25, 0.3) is 0 Å². The lowest BCUT2D eigenvalue weighted by atomic mass is 10.1. The summed E-state index contributed by atoms with van der Waals surface area (Å²) < 4.78 is 3.04. The van der Waals surface area contributed by atoms with Crippen molar-refractivity contribution < 1.29 is 4.79 Å². The lowest BCUT2D eigenvalue weighted by molar-refractivity contribution is 0.0733. The van der Waals surface area contributed by atoms with Gasteiger partial charge < -0.3 is 9.47 Å². The van der Waals surface area contributed by atoms with Crippen molar-refractivity contribution in [3.05, 3.63) is 50.7 Å². The molecule has 0 N–H and O–H groups in total. The van der Waals surface area contributed by atoms with Crippen LogP contribution in [0, 0.1) is 6.92 Å². The first-order valence-corrected chi connectivity index (χ1v) is 7.95. The van der Waals surface area contributed by atoms with Gasteiger partial charge in [0.2, 0.25) is 0 Å². The Morgan fingerprint density at radius 2 is 2.13 bits per heavy atom. The molecule has 0 aliphatic carbocycles. The van der Waals surface area contributed by atoms with Gasteiger partial charge in [0.05, 0.1) is 11.7 Å². The first kappa shape index (κ1) is 15.8. The number of halogens is 1. The van der Waals surface area contributed by atoms with Gasteiger partial charge in [-0.3, -0.25) is 14.3 Å².